The Kier molecular flexibility index (Phi) is 7.48. The summed E-state index contributed by atoms with van der Waals surface area (Å²) in [6.45, 7) is 0. The monoisotopic (exact) mass is 334 g/mol. The van der Waals surface area contributed by atoms with E-state index in [2.05, 4.69) is 0 Å². The van der Waals surface area contributed by atoms with E-state index in [4.69, 9.17) is 4.74 Å². The van der Waals surface area contributed by atoms with Crippen LogP contribution in [0.1, 0.15) is 109 Å². The highest BCUT2D eigenvalue weighted by molar-refractivity contribution is 5.69. The van der Waals surface area contributed by atoms with E-state index in [1.807, 2.05) is 0 Å². The largest absolute Gasteiger partial charge is 0.462 e. The third-order valence-electron chi connectivity index (χ3n) is 7.04. The normalized spacial score (nSPS) is 25.0. The molecule has 0 spiro atoms. The molecule has 0 radical (unpaired) electrons. The second kappa shape index (κ2) is 9.82. The fourth-order valence-corrected chi connectivity index (χ4v) is 5.69. The molecule has 0 aliphatic heterocycles. The van der Waals surface area contributed by atoms with Crippen LogP contribution in [0.5, 0.6) is 0 Å². The van der Waals surface area contributed by atoms with Crippen LogP contribution in [0.4, 0.5) is 0 Å². The first-order valence-corrected chi connectivity index (χ1v) is 11.0. The third kappa shape index (κ3) is 5.49. The Morgan fingerprint density at radius 1 is 0.708 bits per heavy atom. The lowest BCUT2D eigenvalue weighted by molar-refractivity contribution is -0.151. The number of hydrogen-bond donors (Lipinski definition) is 0. The maximum Gasteiger partial charge on any atom is 0.306 e. The van der Waals surface area contributed by atoms with Crippen LogP contribution in [0.15, 0.2) is 0 Å². The zero-order valence-electron chi connectivity index (χ0n) is 15.6. The van der Waals surface area contributed by atoms with Crippen molar-refractivity contribution in [3.05, 3.63) is 0 Å². The van der Waals surface area contributed by atoms with Gasteiger partial charge in [0.25, 0.3) is 0 Å². The summed E-state index contributed by atoms with van der Waals surface area (Å²) in [7, 11) is 0. The Morgan fingerprint density at radius 3 is 1.67 bits per heavy atom. The van der Waals surface area contributed by atoms with Crippen molar-refractivity contribution in [1.29, 1.82) is 0 Å². The smallest absolute Gasteiger partial charge is 0.306 e. The van der Waals surface area contributed by atoms with Crippen molar-refractivity contribution < 1.29 is 9.53 Å². The van der Waals surface area contributed by atoms with Crippen LogP contribution in [0, 0.1) is 17.8 Å². The molecule has 0 bridgehead atoms. The zero-order chi connectivity index (χ0) is 16.6. The van der Waals surface area contributed by atoms with Gasteiger partial charge in [-0.05, 0) is 49.9 Å². The fraction of sp³-hybridized carbons (Fsp3) is 0.955. The van der Waals surface area contributed by atoms with Gasteiger partial charge in [-0.15, -0.1) is 0 Å². The van der Waals surface area contributed by atoms with Crippen molar-refractivity contribution in [3.8, 4) is 0 Å². The van der Waals surface area contributed by atoms with Gasteiger partial charge in [-0.25, -0.2) is 0 Å². The lowest BCUT2D eigenvalue weighted by atomic mass is 9.68. The first-order chi connectivity index (χ1) is 11.8. The van der Waals surface area contributed by atoms with Gasteiger partial charge in [0.15, 0.2) is 0 Å². The van der Waals surface area contributed by atoms with Crippen LogP contribution in [0.3, 0.4) is 0 Å². The molecule has 0 aromatic heterocycles. The molecule has 0 saturated heterocycles. The Balaban J connectivity index is 1.49. The quantitative estimate of drug-likeness (QED) is 0.524. The highest BCUT2D eigenvalue weighted by Crippen LogP contribution is 2.42. The minimum atomic E-state index is 0.0959. The summed E-state index contributed by atoms with van der Waals surface area (Å²) >= 11 is 0. The Hall–Kier alpha value is -0.530. The lowest BCUT2D eigenvalue weighted by Gasteiger charge is -2.38. The van der Waals surface area contributed by atoms with Gasteiger partial charge in [0, 0.05) is 6.42 Å². The van der Waals surface area contributed by atoms with Gasteiger partial charge in [-0.3, -0.25) is 4.79 Å². The zero-order valence-corrected chi connectivity index (χ0v) is 15.6. The fourth-order valence-electron chi connectivity index (χ4n) is 5.69. The van der Waals surface area contributed by atoms with E-state index in [0.29, 0.717) is 6.42 Å². The molecule has 138 valence electrons. The molecule has 3 saturated carbocycles. The molecule has 24 heavy (non-hydrogen) atoms. The van der Waals surface area contributed by atoms with Crippen LogP contribution in [0.25, 0.3) is 0 Å². The number of ether oxygens (including phenoxy) is 1. The second-order valence-corrected chi connectivity index (χ2v) is 8.75. The number of rotatable bonds is 6. The Morgan fingerprint density at radius 2 is 1.17 bits per heavy atom. The number of carbonyl (C=O) groups excluding carboxylic acids is 1. The van der Waals surface area contributed by atoms with Crippen LogP contribution >= 0.6 is 0 Å². The van der Waals surface area contributed by atoms with Crippen molar-refractivity contribution in [1.82, 2.24) is 0 Å². The average Bonchev–Trinajstić information content (AvgIpc) is 2.64. The minimum Gasteiger partial charge on any atom is -0.462 e. The highest BCUT2D eigenvalue weighted by atomic mass is 16.5. The molecule has 0 aromatic carbocycles. The average molecular weight is 335 g/mol. The lowest BCUT2D eigenvalue weighted by Crippen LogP contribution is -2.28. The summed E-state index contributed by atoms with van der Waals surface area (Å²) in [5.74, 6) is 2.68. The second-order valence-electron chi connectivity index (χ2n) is 8.75. The number of hydrogen-bond acceptors (Lipinski definition) is 2. The highest BCUT2D eigenvalue weighted by Gasteiger charge is 2.32. The summed E-state index contributed by atoms with van der Waals surface area (Å²) in [4.78, 5) is 12.4. The molecule has 3 fully saturated rings. The topological polar surface area (TPSA) is 26.3 Å². The molecule has 0 amide bonds. The van der Waals surface area contributed by atoms with Gasteiger partial charge in [0.05, 0.1) is 0 Å². The summed E-state index contributed by atoms with van der Waals surface area (Å²) in [6, 6.07) is 0. The van der Waals surface area contributed by atoms with Gasteiger partial charge < -0.3 is 4.74 Å². The van der Waals surface area contributed by atoms with E-state index in [1.165, 1.54) is 83.5 Å². The first-order valence-electron chi connectivity index (χ1n) is 11.0. The summed E-state index contributed by atoms with van der Waals surface area (Å²) in [5, 5.41) is 0. The molecule has 0 atom stereocenters. The van der Waals surface area contributed by atoms with Gasteiger partial charge in [-0.2, -0.15) is 0 Å². The van der Waals surface area contributed by atoms with Gasteiger partial charge in [0.2, 0.25) is 0 Å². The molecule has 2 heteroatoms. The van der Waals surface area contributed by atoms with Gasteiger partial charge >= 0.3 is 5.97 Å². The SMILES string of the molecule is O=C(CCC(C1CCCCC1)C1CCCCC1)OC1CCCCC1. The van der Waals surface area contributed by atoms with Gasteiger partial charge in [0.1, 0.15) is 6.10 Å². The molecule has 3 aliphatic carbocycles. The standard InChI is InChI=1S/C22H38O2/c23-22(24-20-14-8-3-9-15-20)17-16-21(18-10-4-1-5-11-18)19-12-6-2-7-13-19/h18-21H,1-17H2. The van der Waals surface area contributed by atoms with Crippen molar-refractivity contribution in [3.63, 3.8) is 0 Å². The molecule has 0 heterocycles. The summed E-state index contributed by atoms with van der Waals surface area (Å²) in [6.07, 6.45) is 22.2. The van der Waals surface area contributed by atoms with Crippen molar-refractivity contribution >= 4 is 5.97 Å². The molecule has 0 N–H and O–H groups in total. The van der Waals surface area contributed by atoms with Crippen LogP contribution in [-0.2, 0) is 9.53 Å². The number of carbonyl (C=O) groups is 1. The van der Waals surface area contributed by atoms with E-state index < -0.39 is 0 Å². The van der Waals surface area contributed by atoms with Crippen molar-refractivity contribution in [2.45, 2.75) is 115 Å². The van der Waals surface area contributed by atoms with E-state index in [0.717, 1.165) is 37.0 Å². The van der Waals surface area contributed by atoms with E-state index in [9.17, 15) is 4.79 Å². The van der Waals surface area contributed by atoms with Crippen LogP contribution in [-0.4, -0.2) is 12.1 Å². The van der Waals surface area contributed by atoms with E-state index in [1.54, 1.807) is 0 Å². The van der Waals surface area contributed by atoms with Crippen LogP contribution < -0.4 is 0 Å². The molecule has 2 nitrogen and oxygen atoms in total. The Labute approximate surface area is 149 Å². The predicted octanol–water partition coefficient (Wildman–Crippen LogP) is 6.42. The molecular weight excluding hydrogens is 296 g/mol. The molecule has 3 aliphatic rings. The number of esters is 1. The van der Waals surface area contributed by atoms with E-state index >= 15 is 0 Å². The predicted molar refractivity (Wildman–Crippen MR) is 98.8 cm³/mol. The maximum absolute atomic E-state index is 12.4. The molecule has 0 unspecified atom stereocenters. The summed E-state index contributed by atoms with van der Waals surface area (Å²) in [5.41, 5.74) is 0. The van der Waals surface area contributed by atoms with Gasteiger partial charge in [-0.1, -0.05) is 70.6 Å². The summed E-state index contributed by atoms with van der Waals surface area (Å²) < 4.78 is 5.78. The van der Waals surface area contributed by atoms with Crippen molar-refractivity contribution in [2.24, 2.45) is 17.8 Å². The first kappa shape index (κ1) is 18.3. The Bertz CT molecular complexity index is 342. The maximum atomic E-state index is 12.4. The third-order valence-corrected chi connectivity index (χ3v) is 7.04. The molecular formula is C22H38O2. The van der Waals surface area contributed by atoms with Crippen molar-refractivity contribution in [2.75, 3.05) is 0 Å². The minimum absolute atomic E-state index is 0.0959. The van der Waals surface area contributed by atoms with E-state index in [-0.39, 0.29) is 12.1 Å². The molecule has 3 rings (SSSR count). The van der Waals surface area contributed by atoms with Crippen LogP contribution in [0.2, 0.25) is 0 Å². The molecule has 0 aromatic rings.